The fourth-order valence-corrected chi connectivity index (χ4v) is 2.74. The van der Waals surface area contributed by atoms with Gasteiger partial charge in [-0.3, -0.25) is 4.90 Å². The van der Waals surface area contributed by atoms with Gasteiger partial charge in [-0.25, -0.2) is 4.99 Å². The highest BCUT2D eigenvalue weighted by atomic mass is 127. The Morgan fingerprint density at radius 2 is 1.82 bits per heavy atom. The van der Waals surface area contributed by atoms with Crippen LogP contribution in [0, 0.1) is 0 Å². The second-order valence-electron chi connectivity index (χ2n) is 6.11. The Bertz CT molecular complexity index is 467. The smallest absolute Gasteiger partial charge is 0.189 e. The average molecular weight is 416 g/mol. The number of halogens is 1. The largest absolute Gasteiger partial charge is 0.370 e. The third-order valence-electron chi connectivity index (χ3n) is 3.82. The van der Waals surface area contributed by atoms with Crippen LogP contribution in [0.25, 0.3) is 0 Å². The van der Waals surface area contributed by atoms with Crippen molar-refractivity contribution in [2.45, 2.75) is 52.2 Å². The van der Waals surface area contributed by atoms with Gasteiger partial charge in [0.2, 0.25) is 0 Å². The molecule has 1 aromatic rings. The molecule has 1 aromatic carbocycles. The average Bonchev–Trinajstić information content (AvgIpc) is 2.47. The minimum Gasteiger partial charge on any atom is -0.370 e. The molecule has 3 N–H and O–H groups in total. The lowest BCUT2D eigenvalue weighted by atomic mass is 10.1. The van der Waals surface area contributed by atoms with Crippen LogP contribution in [0.2, 0.25) is 0 Å². The molecule has 22 heavy (non-hydrogen) atoms. The van der Waals surface area contributed by atoms with E-state index in [0.29, 0.717) is 18.5 Å². The van der Waals surface area contributed by atoms with Crippen LogP contribution in [0.4, 0.5) is 0 Å². The molecule has 1 aliphatic heterocycles. The second-order valence-corrected chi connectivity index (χ2v) is 6.11. The van der Waals surface area contributed by atoms with Gasteiger partial charge in [-0.05, 0) is 50.9 Å². The Kier molecular flexibility index (Phi) is 8.78. The van der Waals surface area contributed by atoms with Gasteiger partial charge in [0.05, 0.1) is 6.54 Å². The van der Waals surface area contributed by atoms with Crippen LogP contribution in [0.5, 0.6) is 0 Å². The molecule has 1 heterocycles. The topological polar surface area (TPSA) is 53.6 Å². The van der Waals surface area contributed by atoms with Gasteiger partial charge in [0, 0.05) is 12.6 Å². The Labute approximate surface area is 151 Å². The van der Waals surface area contributed by atoms with E-state index in [2.05, 4.69) is 53.3 Å². The molecular weight excluding hydrogens is 387 g/mol. The van der Waals surface area contributed by atoms with Gasteiger partial charge in [-0.1, -0.05) is 30.7 Å². The molecule has 0 amide bonds. The summed E-state index contributed by atoms with van der Waals surface area (Å²) in [5.74, 6) is 0.526. The van der Waals surface area contributed by atoms with Crippen LogP contribution in [-0.2, 0) is 13.1 Å². The van der Waals surface area contributed by atoms with Gasteiger partial charge < -0.3 is 11.1 Å². The molecule has 0 unspecified atom stereocenters. The van der Waals surface area contributed by atoms with E-state index in [4.69, 9.17) is 5.73 Å². The predicted molar refractivity (Wildman–Crippen MR) is 105 cm³/mol. The lowest BCUT2D eigenvalue weighted by molar-refractivity contribution is 0.220. The van der Waals surface area contributed by atoms with E-state index < -0.39 is 0 Å². The summed E-state index contributed by atoms with van der Waals surface area (Å²) in [5.41, 5.74) is 8.54. The summed E-state index contributed by atoms with van der Waals surface area (Å²) in [6, 6.07) is 8.88. The van der Waals surface area contributed by atoms with Crippen LogP contribution in [-0.4, -0.2) is 30.0 Å². The molecule has 1 saturated heterocycles. The number of rotatable bonds is 5. The maximum atomic E-state index is 5.89. The van der Waals surface area contributed by atoms with Crippen molar-refractivity contribution in [1.82, 2.24) is 10.2 Å². The van der Waals surface area contributed by atoms with Crippen molar-refractivity contribution in [2.75, 3.05) is 13.1 Å². The van der Waals surface area contributed by atoms with E-state index >= 15 is 0 Å². The van der Waals surface area contributed by atoms with Crippen molar-refractivity contribution < 1.29 is 0 Å². The highest BCUT2D eigenvalue weighted by Crippen LogP contribution is 2.16. The SMILES string of the molecule is CC(C)NC(N)=NCc1ccccc1CN1CCCCC1.I. The number of benzene rings is 1. The fourth-order valence-electron chi connectivity index (χ4n) is 2.74. The molecule has 0 bridgehead atoms. The first-order valence-corrected chi connectivity index (χ1v) is 8.01. The normalized spacial score (nSPS) is 16.4. The molecule has 0 atom stereocenters. The Balaban J connectivity index is 0.00000242. The van der Waals surface area contributed by atoms with E-state index in [1.807, 2.05) is 0 Å². The zero-order valence-corrected chi connectivity index (χ0v) is 16.0. The first-order valence-electron chi connectivity index (χ1n) is 8.01. The van der Waals surface area contributed by atoms with Crippen molar-refractivity contribution in [3.8, 4) is 0 Å². The summed E-state index contributed by atoms with van der Waals surface area (Å²) >= 11 is 0. The van der Waals surface area contributed by atoms with Gasteiger partial charge >= 0.3 is 0 Å². The van der Waals surface area contributed by atoms with Crippen molar-refractivity contribution in [1.29, 1.82) is 0 Å². The van der Waals surface area contributed by atoms with Crippen LogP contribution >= 0.6 is 24.0 Å². The fraction of sp³-hybridized carbons (Fsp3) is 0.588. The quantitative estimate of drug-likeness (QED) is 0.441. The number of hydrogen-bond acceptors (Lipinski definition) is 2. The van der Waals surface area contributed by atoms with E-state index in [-0.39, 0.29) is 24.0 Å². The van der Waals surface area contributed by atoms with E-state index in [0.717, 1.165) is 6.54 Å². The standard InChI is InChI=1S/C17H28N4.HI/c1-14(2)20-17(18)19-12-15-8-4-5-9-16(15)13-21-10-6-3-7-11-21;/h4-5,8-9,14H,3,6-7,10-13H2,1-2H3,(H3,18,19,20);1H. The number of aliphatic imine (C=N–C) groups is 1. The van der Waals surface area contributed by atoms with E-state index in [1.165, 1.54) is 43.5 Å². The third-order valence-corrected chi connectivity index (χ3v) is 3.82. The Morgan fingerprint density at radius 3 is 2.45 bits per heavy atom. The molecule has 0 radical (unpaired) electrons. The van der Waals surface area contributed by atoms with Crippen molar-refractivity contribution in [3.05, 3.63) is 35.4 Å². The van der Waals surface area contributed by atoms with Crippen LogP contribution in [0.15, 0.2) is 29.3 Å². The molecule has 2 rings (SSSR count). The monoisotopic (exact) mass is 416 g/mol. The highest BCUT2D eigenvalue weighted by molar-refractivity contribution is 14.0. The Morgan fingerprint density at radius 1 is 1.18 bits per heavy atom. The number of nitrogens with zero attached hydrogens (tertiary/aromatic N) is 2. The van der Waals surface area contributed by atoms with E-state index in [9.17, 15) is 0 Å². The van der Waals surface area contributed by atoms with E-state index in [1.54, 1.807) is 0 Å². The number of piperidine rings is 1. The summed E-state index contributed by atoms with van der Waals surface area (Å²) in [4.78, 5) is 7.00. The van der Waals surface area contributed by atoms with Gasteiger partial charge in [0.15, 0.2) is 5.96 Å². The molecule has 124 valence electrons. The summed E-state index contributed by atoms with van der Waals surface area (Å²) < 4.78 is 0. The number of nitrogens with two attached hydrogens (primary N) is 1. The molecule has 0 aliphatic carbocycles. The van der Waals surface area contributed by atoms with Crippen molar-refractivity contribution in [3.63, 3.8) is 0 Å². The van der Waals surface area contributed by atoms with Gasteiger partial charge in [0.25, 0.3) is 0 Å². The molecule has 1 fully saturated rings. The predicted octanol–water partition coefficient (Wildman–Crippen LogP) is 3.10. The number of likely N-dealkylation sites (tertiary alicyclic amines) is 1. The molecule has 1 aliphatic rings. The van der Waals surface area contributed by atoms with Crippen molar-refractivity contribution in [2.24, 2.45) is 10.7 Å². The minimum atomic E-state index is 0. The summed E-state index contributed by atoms with van der Waals surface area (Å²) in [5, 5.41) is 3.13. The molecule has 0 spiro atoms. The molecule has 0 saturated carbocycles. The third kappa shape index (κ3) is 6.52. The Hall–Kier alpha value is -0.820. The van der Waals surface area contributed by atoms with Crippen LogP contribution in [0.3, 0.4) is 0 Å². The zero-order valence-electron chi connectivity index (χ0n) is 13.7. The maximum Gasteiger partial charge on any atom is 0.189 e. The van der Waals surface area contributed by atoms with Crippen LogP contribution < -0.4 is 11.1 Å². The zero-order chi connectivity index (χ0) is 15.1. The van der Waals surface area contributed by atoms with Gasteiger partial charge in [0.1, 0.15) is 0 Å². The van der Waals surface area contributed by atoms with Gasteiger partial charge in [-0.2, -0.15) is 0 Å². The molecule has 4 nitrogen and oxygen atoms in total. The summed E-state index contributed by atoms with van der Waals surface area (Å²) in [7, 11) is 0. The van der Waals surface area contributed by atoms with Gasteiger partial charge in [-0.15, -0.1) is 24.0 Å². The molecular formula is C17H29IN4. The number of nitrogens with one attached hydrogen (secondary N) is 1. The lowest BCUT2D eigenvalue weighted by Gasteiger charge is -2.27. The first-order chi connectivity index (χ1) is 10.1. The van der Waals surface area contributed by atoms with Crippen LogP contribution in [0.1, 0.15) is 44.2 Å². The highest BCUT2D eigenvalue weighted by Gasteiger charge is 2.12. The number of hydrogen-bond donors (Lipinski definition) is 2. The summed E-state index contributed by atoms with van der Waals surface area (Å²) in [6.45, 7) is 8.24. The molecule has 0 aromatic heterocycles. The number of guanidine groups is 1. The molecule has 5 heteroatoms. The maximum absolute atomic E-state index is 5.89. The second kappa shape index (κ2) is 10.0. The minimum absolute atomic E-state index is 0. The first kappa shape index (κ1) is 19.2. The lowest BCUT2D eigenvalue weighted by Crippen LogP contribution is -2.36. The van der Waals surface area contributed by atoms with Crippen molar-refractivity contribution >= 4 is 29.9 Å². The summed E-state index contributed by atoms with van der Waals surface area (Å²) in [6.07, 6.45) is 4.02.